The summed E-state index contributed by atoms with van der Waals surface area (Å²) >= 11 is 11.1. The van der Waals surface area contributed by atoms with E-state index in [0.29, 0.717) is 0 Å². The van der Waals surface area contributed by atoms with Gasteiger partial charge in [0.1, 0.15) is 11.8 Å². The molecule has 0 saturated carbocycles. The van der Waals surface area contributed by atoms with Gasteiger partial charge in [-0.2, -0.15) is 0 Å². The van der Waals surface area contributed by atoms with Gasteiger partial charge in [0.15, 0.2) is 0 Å². The van der Waals surface area contributed by atoms with Crippen LogP contribution in [0.3, 0.4) is 0 Å². The highest BCUT2D eigenvalue weighted by Gasteiger charge is 2.19. The molecule has 1 unspecified atom stereocenters. The Balaban J connectivity index is 1.96. The van der Waals surface area contributed by atoms with Crippen molar-refractivity contribution in [1.29, 1.82) is 0 Å². The zero-order valence-electron chi connectivity index (χ0n) is 11.3. The number of benzene rings is 1. The molecule has 2 nitrogen and oxygen atoms in total. The van der Waals surface area contributed by atoms with Gasteiger partial charge in [-0.3, -0.25) is 0 Å². The third-order valence-corrected chi connectivity index (χ3v) is 4.98. The molecule has 0 aliphatic heterocycles. The van der Waals surface area contributed by atoms with Crippen molar-refractivity contribution in [2.45, 2.75) is 13.0 Å². The Labute approximate surface area is 140 Å². The lowest BCUT2D eigenvalue weighted by Gasteiger charge is -2.18. The molecule has 108 valence electrons. The molecule has 0 spiro atoms. The predicted molar refractivity (Wildman–Crippen MR) is 92.4 cm³/mol. The van der Waals surface area contributed by atoms with Gasteiger partial charge in [-0.05, 0) is 55.0 Å². The van der Waals surface area contributed by atoms with Gasteiger partial charge in [0.05, 0.1) is 10.6 Å². The van der Waals surface area contributed by atoms with Gasteiger partial charge >= 0.3 is 0 Å². The first-order valence-electron chi connectivity index (χ1n) is 6.45. The summed E-state index contributed by atoms with van der Waals surface area (Å²) in [6.07, 6.45) is 1.69. The minimum Gasteiger partial charge on any atom is -0.467 e. The van der Waals surface area contributed by atoms with E-state index >= 15 is 0 Å². The van der Waals surface area contributed by atoms with E-state index < -0.39 is 0 Å². The molecule has 0 saturated heterocycles. The number of thiophene rings is 1. The molecule has 0 aliphatic rings. The number of hydrogen-bond donors (Lipinski definition) is 1. The van der Waals surface area contributed by atoms with Crippen LogP contribution in [0.25, 0.3) is 0 Å². The summed E-state index contributed by atoms with van der Waals surface area (Å²) in [5, 5.41) is 3.54. The molecule has 1 atom stereocenters. The van der Waals surface area contributed by atoms with E-state index in [1.807, 2.05) is 30.3 Å². The lowest BCUT2D eigenvalue weighted by atomic mass is 10.1. The number of halogens is 2. The molecule has 3 rings (SSSR count). The van der Waals surface area contributed by atoms with E-state index in [1.54, 1.807) is 17.6 Å². The van der Waals surface area contributed by atoms with E-state index in [-0.39, 0.29) is 6.04 Å². The van der Waals surface area contributed by atoms with Gasteiger partial charge in [0, 0.05) is 15.0 Å². The van der Waals surface area contributed by atoms with Crippen LogP contribution in [0.15, 0.2) is 57.6 Å². The molecule has 2 aromatic heterocycles. The molecule has 1 aromatic carbocycles. The molecule has 1 N–H and O–H groups in total. The van der Waals surface area contributed by atoms with Crippen molar-refractivity contribution in [3.63, 3.8) is 0 Å². The standard InChI is InChI=1S/C16H13BrClNOS/c1-10-9-11(17)4-5-12(10)19-16(13-3-2-8-20-13)14-6-7-15(18)21-14/h2-9,16,19H,1H3. The Morgan fingerprint density at radius 3 is 2.71 bits per heavy atom. The highest BCUT2D eigenvalue weighted by atomic mass is 79.9. The van der Waals surface area contributed by atoms with Crippen LogP contribution in [0.2, 0.25) is 4.34 Å². The normalized spacial score (nSPS) is 12.3. The maximum absolute atomic E-state index is 6.07. The second kappa shape index (κ2) is 6.26. The van der Waals surface area contributed by atoms with Gasteiger partial charge in [-0.1, -0.05) is 27.5 Å². The fourth-order valence-corrected chi connectivity index (χ4v) is 3.76. The van der Waals surface area contributed by atoms with E-state index in [9.17, 15) is 0 Å². The molecular formula is C16H13BrClNOS. The fraction of sp³-hybridized carbons (Fsp3) is 0.125. The average molecular weight is 383 g/mol. The Morgan fingerprint density at radius 1 is 1.24 bits per heavy atom. The highest BCUT2D eigenvalue weighted by molar-refractivity contribution is 9.10. The first-order valence-corrected chi connectivity index (χ1v) is 8.43. The van der Waals surface area contributed by atoms with Crippen molar-refractivity contribution in [2.75, 3.05) is 5.32 Å². The summed E-state index contributed by atoms with van der Waals surface area (Å²) in [5.74, 6) is 0.871. The first-order chi connectivity index (χ1) is 10.1. The third kappa shape index (κ3) is 3.34. The van der Waals surface area contributed by atoms with Crippen LogP contribution in [0.5, 0.6) is 0 Å². The smallest absolute Gasteiger partial charge is 0.131 e. The number of aryl methyl sites for hydroxylation is 1. The van der Waals surface area contributed by atoms with Crippen LogP contribution in [0, 0.1) is 6.92 Å². The zero-order valence-corrected chi connectivity index (χ0v) is 14.4. The molecular weight excluding hydrogens is 370 g/mol. The Hall–Kier alpha value is -1.23. The minimum absolute atomic E-state index is 0.0441. The summed E-state index contributed by atoms with van der Waals surface area (Å²) < 4.78 is 7.43. The van der Waals surface area contributed by atoms with E-state index in [1.165, 1.54) is 5.56 Å². The maximum atomic E-state index is 6.07. The van der Waals surface area contributed by atoms with E-state index in [0.717, 1.165) is 25.1 Å². The van der Waals surface area contributed by atoms with Crippen molar-refractivity contribution in [1.82, 2.24) is 0 Å². The average Bonchev–Trinajstić information content (AvgIpc) is 3.09. The number of nitrogens with one attached hydrogen (secondary N) is 1. The first kappa shape index (κ1) is 14.7. The molecule has 0 aliphatic carbocycles. The van der Waals surface area contributed by atoms with Crippen molar-refractivity contribution in [3.8, 4) is 0 Å². The monoisotopic (exact) mass is 381 g/mol. The number of hydrogen-bond acceptors (Lipinski definition) is 3. The van der Waals surface area contributed by atoms with Crippen LogP contribution in [0.4, 0.5) is 5.69 Å². The summed E-state index contributed by atoms with van der Waals surface area (Å²) in [5.41, 5.74) is 2.24. The van der Waals surface area contributed by atoms with Gasteiger partial charge in [-0.15, -0.1) is 11.3 Å². The van der Waals surface area contributed by atoms with Crippen LogP contribution < -0.4 is 5.32 Å². The summed E-state index contributed by atoms with van der Waals surface area (Å²) in [6.45, 7) is 2.08. The van der Waals surface area contributed by atoms with Crippen LogP contribution in [-0.4, -0.2) is 0 Å². The van der Waals surface area contributed by atoms with Crippen molar-refractivity contribution in [2.24, 2.45) is 0 Å². The van der Waals surface area contributed by atoms with Gasteiger partial charge in [0.2, 0.25) is 0 Å². The Kier molecular flexibility index (Phi) is 4.38. The molecule has 0 amide bonds. The van der Waals surface area contributed by atoms with Crippen molar-refractivity contribution < 1.29 is 4.42 Å². The fourth-order valence-electron chi connectivity index (χ4n) is 2.17. The topological polar surface area (TPSA) is 25.2 Å². The molecule has 2 heterocycles. The van der Waals surface area contributed by atoms with E-state index in [2.05, 4.69) is 40.3 Å². The number of anilines is 1. The lowest BCUT2D eigenvalue weighted by molar-refractivity contribution is 0.500. The molecule has 0 bridgehead atoms. The minimum atomic E-state index is -0.0441. The quantitative estimate of drug-likeness (QED) is 0.575. The third-order valence-electron chi connectivity index (χ3n) is 3.19. The molecule has 3 aromatic rings. The predicted octanol–water partition coefficient (Wildman–Crippen LogP) is 6.27. The number of rotatable bonds is 4. The van der Waals surface area contributed by atoms with Crippen LogP contribution in [-0.2, 0) is 0 Å². The second-order valence-corrected chi connectivity index (χ2v) is 7.36. The molecule has 0 fully saturated rings. The van der Waals surface area contributed by atoms with Crippen molar-refractivity contribution in [3.05, 3.63) is 73.7 Å². The van der Waals surface area contributed by atoms with E-state index in [4.69, 9.17) is 16.0 Å². The SMILES string of the molecule is Cc1cc(Br)ccc1NC(c1ccco1)c1ccc(Cl)s1. The Morgan fingerprint density at radius 2 is 2.10 bits per heavy atom. The Bertz CT molecular complexity index is 739. The van der Waals surface area contributed by atoms with Crippen LogP contribution >= 0.6 is 38.9 Å². The van der Waals surface area contributed by atoms with Gasteiger partial charge < -0.3 is 9.73 Å². The summed E-state index contributed by atoms with van der Waals surface area (Å²) in [4.78, 5) is 1.12. The van der Waals surface area contributed by atoms with Crippen LogP contribution in [0.1, 0.15) is 22.2 Å². The highest BCUT2D eigenvalue weighted by Crippen LogP contribution is 2.34. The maximum Gasteiger partial charge on any atom is 0.131 e. The molecule has 21 heavy (non-hydrogen) atoms. The molecule has 0 radical (unpaired) electrons. The largest absolute Gasteiger partial charge is 0.467 e. The van der Waals surface area contributed by atoms with Gasteiger partial charge in [0.25, 0.3) is 0 Å². The summed E-state index contributed by atoms with van der Waals surface area (Å²) in [6, 6.07) is 13.9. The number of furan rings is 1. The second-order valence-electron chi connectivity index (χ2n) is 4.69. The van der Waals surface area contributed by atoms with Gasteiger partial charge in [-0.25, -0.2) is 0 Å². The zero-order chi connectivity index (χ0) is 14.8. The lowest BCUT2D eigenvalue weighted by Crippen LogP contribution is -2.11. The summed E-state index contributed by atoms with van der Waals surface area (Å²) in [7, 11) is 0. The van der Waals surface area contributed by atoms with Crippen molar-refractivity contribution >= 4 is 44.6 Å². The molecule has 5 heteroatoms.